The van der Waals surface area contributed by atoms with Crippen LogP contribution in [0.15, 0.2) is 10.2 Å². The second-order valence-electron chi connectivity index (χ2n) is 14.1. The molecule has 0 radical (unpaired) electrons. The summed E-state index contributed by atoms with van der Waals surface area (Å²) in [6, 6.07) is 0. The molecule has 2 N–H and O–H groups in total. The summed E-state index contributed by atoms with van der Waals surface area (Å²) in [4.78, 5) is 24.8. The van der Waals surface area contributed by atoms with Gasteiger partial charge in [-0.25, -0.2) is 10.9 Å². The molecule has 0 aromatic heterocycles. The minimum absolute atomic E-state index is 0.0323. The van der Waals surface area contributed by atoms with Gasteiger partial charge in [-0.2, -0.15) is 10.2 Å². The lowest BCUT2D eigenvalue weighted by molar-refractivity contribution is -0.123. The molecule has 8 bridgehead atoms. The highest BCUT2D eigenvalue weighted by atomic mass is 16.2. The van der Waals surface area contributed by atoms with Crippen molar-refractivity contribution in [2.45, 2.75) is 117 Å². The maximum atomic E-state index is 12.4. The third-order valence-corrected chi connectivity index (χ3v) is 11.4. The molecule has 0 heterocycles. The third-order valence-electron chi connectivity index (χ3n) is 11.4. The van der Waals surface area contributed by atoms with Crippen molar-refractivity contribution in [1.29, 1.82) is 0 Å². The maximum absolute atomic E-state index is 12.4. The number of amides is 2. The Morgan fingerprint density at radius 3 is 1.14 bits per heavy atom. The minimum Gasteiger partial charge on any atom is -0.273 e. The summed E-state index contributed by atoms with van der Waals surface area (Å²) in [5.41, 5.74) is 8.42. The van der Waals surface area contributed by atoms with Crippen LogP contribution in [-0.2, 0) is 9.59 Å². The summed E-state index contributed by atoms with van der Waals surface area (Å²) in [6.45, 7) is 4.26. The van der Waals surface area contributed by atoms with E-state index >= 15 is 0 Å². The van der Waals surface area contributed by atoms with Crippen molar-refractivity contribution in [2.24, 2.45) is 56.5 Å². The molecular weight excluding hydrogens is 448 g/mol. The first-order valence-corrected chi connectivity index (χ1v) is 15.0. The van der Waals surface area contributed by atoms with Crippen molar-refractivity contribution < 1.29 is 9.59 Å². The van der Waals surface area contributed by atoms with Gasteiger partial charge in [-0.1, -0.05) is 0 Å². The topological polar surface area (TPSA) is 82.9 Å². The largest absolute Gasteiger partial charge is 0.273 e. The Morgan fingerprint density at radius 2 is 0.861 bits per heavy atom. The number of unbranched alkanes of at least 4 members (excludes halogenated alkanes) is 1. The number of nitrogens with zero attached hydrogens (tertiary/aromatic N) is 2. The molecule has 198 valence electrons. The monoisotopic (exact) mass is 494 g/mol. The van der Waals surface area contributed by atoms with Crippen LogP contribution < -0.4 is 10.9 Å². The summed E-state index contributed by atoms with van der Waals surface area (Å²) in [5, 5.41) is 9.15. The highest BCUT2D eigenvalue weighted by Gasteiger charge is 2.53. The minimum atomic E-state index is -0.0323. The zero-order valence-electron chi connectivity index (χ0n) is 22.5. The van der Waals surface area contributed by atoms with Gasteiger partial charge in [-0.3, -0.25) is 9.59 Å². The molecule has 8 rings (SSSR count). The van der Waals surface area contributed by atoms with Gasteiger partial charge in [-0.05, 0) is 139 Å². The molecule has 6 nitrogen and oxygen atoms in total. The van der Waals surface area contributed by atoms with Gasteiger partial charge in [0.2, 0.25) is 11.8 Å². The van der Waals surface area contributed by atoms with E-state index < -0.39 is 0 Å². The van der Waals surface area contributed by atoms with Gasteiger partial charge in [0.1, 0.15) is 0 Å². The van der Waals surface area contributed by atoms with Crippen LogP contribution in [0.5, 0.6) is 0 Å². The van der Waals surface area contributed by atoms with Crippen LogP contribution in [0.4, 0.5) is 0 Å². The molecule has 0 aromatic rings. The number of carbonyl (C=O) groups is 2. The van der Waals surface area contributed by atoms with Gasteiger partial charge >= 0.3 is 0 Å². The Bertz CT molecular complexity index is 804. The molecule has 36 heavy (non-hydrogen) atoms. The van der Waals surface area contributed by atoms with Gasteiger partial charge < -0.3 is 0 Å². The molecule has 8 aliphatic carbocycles. The first-order chi connectivity index (χ1) is 17.3. The van der Waals surface area contributed by atoms with Gasteiger partial charge in [0.05, 0.1) is 0 Å². The lowest BCUT2D eigenvalue weighted by atomic mass is 9.48. The van der Waals surface area contributed by atoms with Crippen molar-refractivity contribution in [2.75, 3.05) is 0 Å². The van der Waals surface area contributed by atoms with Crippen molar-refractivity contribution in [3.8, 4) is 0 Å². The molecule has 8 saturated carbocycles. The van der Waals surface area contributed by atoms with Crippen LogP contribution in [0.3, 0.4) is 0 Å². The molecule has 6 heteroatoms. The molecule has 2 amide bonds. The SMILES string of the molecule is C/C(=N/NC(=O)CCCCC(=O)N/N=C(\C)C12CC3CC(CC(C3)C1)C2)C12CC3CC(CC(C3)C1)C2. The highest BCUT2D eigenvalue weighted by Crippen LogP contribution is 2.61. The van der Waals surface area contributed by atoms with Gasteiger partial charge in [0, 0.05) is 35.1 Å². The number of hydrogen-bond donors (Lipinski definition) is 2. The second kappa shape index (κ2) is 9.54. The second-order valence-corrected chi connectivity index (χ2v) is 14.1. The number of hydrazone groups is 2. The van der Waals surface area contributed by atoms with Gasteiger partial charge in [0.25, 0.3) is 0 Å². The van der Waals surface area contributed by atoms with E-state index in [0.717, 1.165) is 46.9 Å². The van der Waals surface area contributed by atoms with Gasteiger partial charge in [-0.15, -0.1) is 0 Å². The third kappa shape index (κ3) is 4.78. The zero-order chi connectivity index (χ0) is 24.9. The van der Waals surface area contributed by atoms with Crippen molar-refractivity contribution in [1.82, 2.24) is 10.9 Å². The summed E-state index contributed by atoms with van der Waals surface area (Å²) in [5.74, 6) is 5.21. The van der Waals surface area contributed by atoms with Crippen LogP contribution in [-0.4, -0.2) is 23.2 Å². The van der Waals surface area contributed by atoms with Crippen LogP contribution in [0.25, 0.3) is 0 Å². The molecule has 0 aliphatic heterocycles. The molecule has 0 atom stereocenters. The normalized spacial score (nSPS) is 42.6. The van der Waals surface area contributed by atoms with Crippen LogP contribution in [0.1, 0.15) is 117 Å². The molecule has 8 fully saturated rings. The van der Waals surface area contributed by atoms with E-state index in [4.69, 9.17) is 0 Å². The fraction of sp³-hybridized carbons (Fsp3) is 0.867. The Hall–Kier alpha value is -1.72. The summed E-state index contributed by atoms with van der Waals surface area (Å²) >= 11 is 0. The fourth-order valence-corrected chi connectivity index (χ4v) is 10.3. The fourth-order valence-electron chi connectivity index (χ4n) is 10.3. The smallest absolute Gasteiger partial charge is 0.240 e. The predicted octanol–water partition coefficient (Wildman–Crippen LogP) is 5.96. The summed E-state index contributed by atoms with van der Waals surface area (Å²) in [7, 11) is 0. The predicted molar refractivity (Wildman–Crippen MR) is 142 cm³/mol. The molecule has 8 aliphatic rings. The summed E-state index contributed by atoms with van der Waals surface area (Å²) < 4.78 is 0. The van der Waals surface area contributed by atoms with E-state index in [9.17, 15) is 9.59 Å². The van der Waals surface area contributed by atoms with E-state index in [0.29, 0.717) is 25.7 Å². The van der Waals surface area contributed by atoms with Crippen molar-refractivity contribution in [3.63, 3.8) is 0 Å². The quantitative estimate of drug-likeness (QED) is 0.235. The standard InChI is InChI=1S/C30H46N4O2/c1-19(29-13-21-7-22(14-29)9-23(8-21)15-29)31-33-27(35)5-3-4-6-28(36)34-32-20(2)30-16-24-10-25(17-30)12-26(11-24)18-30/h21-26H,3-18H2,1-2H3,(H,33,35)(H,34,36)/b31-19-,32-20+. The van der Waals surface area contributed by atoms with Crippen LogP contribution >= 0.6 is 0 Å². The highest BCUT2D eigenvalue weighted by molar-refractivity contribution is 5.90. The van der Waals surface area contributed by atoms with Crippen LogP contribution in [0, 0.1) is 46.3 Å². The maximum Gasteiger partial charge on any atom is 0.240 e. The molecule has 0 saturated heterocycles. The van der Waals surface area contributed by atoms with E-state index in [2.05, 4.69) is 34.9 Å². The Morgan fingerprint density at radius 1 is 0.583 bits per heavy atom. The van der Waals surface area contributed by atoms with Gasteiger partial charge in [0.15, 0.2) is 0 Å². The number of rotatable bonds is 9. The van der Waals surface area contributed by atoms with Crippen LogP contribution in [0.2, 0.25) is 0 Å². The van der Waals surface area contributed by atoms with E-state index in [1.807, 2.05) is 0 Å². The number of nitrogens with one attached hydrogen (secondary N) is 2. The first-order valence-electron chi connectivity index (χ1n) is 15.0. The number of carbonyl (C=O) groups excluding carboxylic acids is 2. The Kier molecular flexibility index (Phi) is 6.52. The van der Waals surface area contributed by atoms with Crippen molar-refractivity contribution >= 4 is 23.2 Å². The zero-order valence-corrected chi connectivity index (χ0v) is 22.5. The Labute approximate surface area is 216 Å². The molecule has 0 aromatic carbocycles. The first kappa shape index (κ1) is 24.6. The van der Waals surface area contributed by atoms with E-state index in [1.165, 1.54) is 77.0 Å². The lowest BCUT2D eigenvalue weighted by Crippen LogP contribution is -2.49. The van der Waals surface area contributed by atoms with E-state index in [1.54, 1.807) is 0 Å². The summed E-state index contributed by atoms with van der Waals surface area (Å²) in [6.07, 6.45) is 18.3. The average molecular weight is 495 g/mol. The average Bonchev–Trinajstić information content (AvgIpc) is 2.82. The molecule has 0 unspecified atom stereocenters. The molecular formula is C30H46N4O2. The van der Waals surface area contributed by atoms with E-state index in [-0.39, 0.29) is 22.6 Å². The number of hydrogen-bond acceptors (Lipinski definition) is 4. The lowest BCUT2D eigenvalue weighted by Gasteiger charge is -2.56. The van der Waals surface area contributed by atoms with Crippen molar-refractivity contribution in [3.05, 3.63) is 0 Å². The Balaban J connectivity index is 0.908. The molecule has 0 spiro atoms.